The molecule has 0 unspecified atom stereocenters. The maximum absolute atomic E-state index is 13.3. The van der Waals surface area contributed by atoms with Crippen LogP contribution in [0.3, 0.4) is 0 Å². The van der Waals surface area contributed by atoms with Gasteiger partial charge in [-0.2, -0.15) is 13.2 Å². The van der Waals surface area contributed by atoms with E-state index in [0.29, 0.717) is 29.6 Å². The van der Waals surface area contributed by atoms with Gasteiger partial charge < -0.3 is 15.5 Å². The van der Waals surface area contributed by atoms with Crippen molar-refractivity contribution in [3.8, 4) is 0 Å². The van der Waals surface area contributed by atoms with Crippen molar-refractivity contribution in [2.75, 3.05) is 18.5 Å². The number of allylic oxidation sites excluding steroid dienone is 2. The second kappa shape index (κ2) is 11.4. The molecule has 0 fully saturated rings. The first-order chi connectivity index (χ1) is 16.5. The third kappa shape index (κ3) is 7.58. The summed E-state index contributed by atoms with van der Waals surface area (Å²) in [4.78, 5) is 27.4. The summed E-state index contributed by atoms with van der Waals surface area (Å²) in [7, 11) is 1.59. The Kier molecular flexibility index (Phi) is 8.56. The van der Waals surface area contributed by atoms with Crippen LogP contribution in [-0.4, -0.2) is 43.3 Å². The maximum Gasteiger partial charge on any atom is 0.432 e. The van der Waals surface area contributed by atoms with Crippen LogP contribution in [0.1, 0.15) is 24.0 Å². The van der Waals surface area contributed by atoms with Gasteiger partial charge in [-0.25, -0.2) is 0 Å². The predicted octanol–water partition coefficient (Wildman–Crippen LogP) is 4.42. The number of aryl methyl sites for hydroxylation is 1. The number of amides is 2. The minimum atomic E-state index is -4.78. The van der Waals surface area contributed by atoms with Crippen LogP contribution in [0.5, 0.6) is 0 Å². The van der Waals surface area contributed by atoms with Crippen molar-refractivity contribution >= 4 is 34.8 Å². The van der Waals surface area contributed by atoms with E-state index in [2.05, 4.69) is 10.6 Å². The van der Waals surface area contributed by atoms with Gasteiger partial charge in [0.2, 0.25) is 11.8 Å². The first-order valence-electron chi connectivity index (χ1n) is 11.0. The highest BCUT2D eigenvalue weighted by atomic mass is 35.5. The van der Waals surface area contributed by atoms with Crippen LogP contribution in [-0.2, 0) is 22.4 Å². The van der Waals surface area contributed by atoms with Gasteiger partial charge in [-0.3, -0.25) is 15.0 Å². The molecule has 2 amide bonds. The van der Waals surface area contributed by atoms with Gasteiger partial charge >= 0.3 is 6.18 Å². The van der Waals surface area contributed by atoms with Gasteiger partial charge in [-0.15, -0.1) is 0 Å². The summed E-state index contributed by atoms with van der Waals surface area (Å²) in [5.74, 6) is -0.900. The second-order valence-electron chi connectivity index (χ2n) is 8.31. The van der Waals surface area contributed by atoms with E-state index in [1.807, 2.05) is 24.3 Å². The standard InChI is InChI=1S/C25H26ClF3N4O2/c1-33(20-10-8-18(26)9-11-20)24(35)21-13-17-6-2-4-16(12-17)5-3-7-19(31-15-23(34)32-21)14-22(30)25(27,28)29/h2,4,6,8-12,14,21,30-31H,3,5,7,13,15H2,1H3,(H,32,34)/b19-14-,30-22?/t21-/m0/s1. The predicted molar refractivity (Wildman–Crippen MR) is 130 cm³/mol. The Labute approximate surface area is 206 Å². The van der Waals surface area contributed by atoms with Crippen LogP contribution in [0, 0.1) is 5.41 Å². The molecule has 1 atom stereocenters. The van der Waals surface area contributed by atoms with E-state index in [-0.39, 0.29) is 31.0 Å². The van der Waals surface area contributed by atoms with Crippen LogP contribution < -0.4 is 15.5 Å². The lowest BCUT2D eigenvalue weighted by atomic mass is 9.99. The summed E-state index contributed by atoms with van der Waals surface area (Å²) in [5, 5.41) is 13.2. The molecule has 2 aromatic rings. The molecule has 1 heterocycles. The fourth-order valence-electron chi connectivity index (χ4n) is 3.76. The van der Waals surface area contributed by atoms with Crippen LogP contribution >= 0.6 is 11.6 Å². The van der Waals surface area contributed by atoms with Crippen molar-refractivity contribution in [3.63, 3.8) is 0 Å². The van der Waals surface area contributed by atoms with Crippen molar-refractivity contribution in [2.45, 2.75) is 37.9 Å². The molecule has 0 aromatic heterocycles. The molecule has 1 aliphatic heterocycles. The van der Waals surface area contributed by atoms with Crippen LogP contribution in [0.25, 0.3) is 0 Å². The molecule has 0 spiro atoms. The number of halogens is 4. The van der Waals surface area contributed by atoms with E-state index in [9.17, 15) is 22.8 Å². The molecule has 1 aliphatic rings. The van der Waals surface area contributed by atoms with E-state index < -0.39 is 23.8 Å². The number of rotatable bonds is 3. The smallest absolute Gasteiger partial charge is 0.379 e. The Morgan fingerprint density at radius 2 is 1.83 bits per heavy atom. The number of hydrogen-bond donors (Lipinski definition) is 3. The van der Waals surface area contributed by atoms with E-state index in [1.54, 1.807) is 31.3 Å². The molecule has 3 N–H and O–H groups in total. The molecule has 0 saturated carbocycles. The first-order valence-corrected chi connectivity index (χ1v) is 11.4. The Balaban J connectivity index is 1.86. The molecule has 35 heavy (non-hydrogen) atoms. The zero-order chi connectivity index (χ0) is 25.6. The maximum atomic E-state index is 13.3. The molecule has 2 bridgehead atoms. The first kappa shape index (κ1) is 26.3. The van der Waals surface area contributed by atoms with Crippen molar-refractivity contribution < 1.29 is 22.8 Å². The number of anilines is 1. The van der Waals surface area contributed by atoms with Gasteiger partial charge in [0.15, 0.2) is 0 Å². The number of carbonyl (C=O) groups excluding carboxylic acids is 2. The summed E-state index contributed by atoms with van der Waals surface area (Å²) < 4.78 is 38.6. The lowest BCUT2D eigenvalue weighted by molar-refractivity contribution is -0.126. The Hall–Kier alpha value is -3.33. The van der Waals surface area contributed by atoms with Crippen molar-refractivity contribution in [1.29, 1.82) is 5.41 Å². The molecular formula is C25H26ClF3N4O2. The van der Waals surface area contributed by atoms with Gasteiger partial charge in [0.25, 0.3) is 0 Å². The minimum absolute atomic E-state index is 0.138. The van der Waals surface area contributed by atoms with Crippen molar-refractivity contribution in [3.05, 3.63) is 76.5 Å². The average molecular weight is 507 g/mol. The Morgan fingerprint density at radius 1 is 1.14 bits per heavy atom. The third-order valence-electron chi connectivity index (χ3n) is 5.62. The number of fused-ring (bicyclic) bond motifs is 2. The van der Waals surface area contributed by atoms with Crippen molar-refractivity contribution in [1.82, 2.24) is 10.6 Å². The molecule has 0 radical (unpaired) electrons. The zero-order valence-electron chi connectivity index (χ0n) is 19.1. The number of hydrogen-bond acceptors (Lipinski definition) is 4. The van der Waals surface area contributed by atoms with Crippen molar-refractivity contribution in [2.24, 2.45) is 0 Å². The molecule has 6 nitrogen and oxygen atoms in total. The SMILES string of the molecule is CN(C(=O)[C@@H]1Cc2cccc(c2)CCC/C(=C/C(=N)C(F)(F)F)NCC(=O)N1)c1ccc(Cl)cc1. The number of benzene rings is 2. The average Bonchev–Trinajstić information content (AvgIpc) is 2.81. The molecule has 2 aromatic carbocycles. The fraction of sp³-hybridized carbons (Fsp3) is 0.320. The van der Waals surface area contributed by atoms with Gasteiger partial charge in [0.1, 0.15) is 11.8 Å². The quantitative estimate of drug-likeness (QED) is 0.539. The van der Waals surface area contributed by atoms with E-state index in [1.165, 1.54) is 4.90 Å². The molecule has 186 valence electrons. The number of alkyl halides is 3. The number of likely N-dealkylation sites (N-methyl/N-ethyl adjacent to an activating group) is 1. The fourth-order valence-corrected chi connectivity index (χ4v) is 3.89. The van der Waals surface area contributed by atoms with E-state index in [0.717, 1.165) is 11.1 Å². The van der Waals surface area contributed by atoms with E-state index in [4.69, 9.17) is 17.0 Å². The Morgan fingerprint density at radius 3 is 2.51 bits per heavy atom. The van der Waals surface area contributed by atoms with E-state index >= 15 is 0 Å². The topological polar surface area (TPSA) is 85.3 Å². The summed E-state index contributed by atoms with van der Waals surface area (Å²) >= 11 is 5.94. The number of nitrogens with one attached hydrogen (secondary N) is 3. The Bertz CT molecular complexity index is 1120. The summed E-state index contributed by atoms with van der Waals surface area (Å²) in [6.45, 7) is -0.330. The highest BCUT2D eigenvalue weighted by molar-refractivity contribution is 6.30. The molecule has 3 rings (SSSR count). The second-order valence-corrected chi connectivity index (χ2v) is 8.74. The number of nitrogens with zero attached hydrogens (tertiary/aromatic N) is 1. The normalized spacial score (nSPS) is 18.4. The molecule has 0 aliphatic carbocycles. The van der Waals surface area contributed by atoms with Gasteiger partial charge in [-0.05, 0) is 60.7 Å². The molecule has 0 saturated heterocycles. The van der Waals surface area contributed by atoms with Crippen LogP contribution in [0.2, 0.25) is 5.02 Å². The largest absolute Gasteiger partial charge is 0.432 e. The van der Waals surface area contributed by atoms with Gasteiger partial charge in [-0.1, -0.05) is 35.9 Å². The minimum Gasteiger partial charge on any atom is -0.379 e. The molecule has 10 heteroatoms. The monoisotopic (exact) mass is 506 g/mol. The lowest BCUT2D eigenvalue weighted by Gasteiger charge is -2.25. The third-order valence-corrected chi connectivity index (χ3v) is 5.87. The number of carbonyl (C=O) groups is 2. The molecular weight excluding hydrogens is 481 g/mol. The zero-order valence-corrected chi connectivity index (χ0v) is 19.8. The van der Waals surface area contributed by atoms with Gasteiger partial charge in [0, 0.05) is 29.9 Å². The summed E-state index contributed by atoms with van der Waals surface area (Å²) in [5.41, 5.74) is 1.06. The lowest BCUT2D eigenvalue weighted by Crippen LogP contribution is -2.50. The van der Waals surface area contributed by atoms with Crippen LogP contribution in [0.4, 0.5) is 18.9 Å². The van der Waals surface area contributed by atoms with Gasteiger partial charge in [0.05, 0.1) is 6.54 Å². The highest BCUT2D eigenvalue weighted by Gasteiger charge is 2.33. The highest BCUT2D eigenvalue weighted by Crippen LogP contribution is 2.21. The summed E-state index contributed by atoms with van der Waals surface area (Å²) in [6, 6.07) is 13.4. The van der Waals surface area contributed by atoms with Crippen LogP contribution in [0.15, 0.2) is 60.3 Å². The summed E-state index contributed by atoms with van der Waals surface area (Å²) in [6.07, 6.45) is -2.47.